The first-order valence-corrected chi connectivity index (χ1v) is 8.03. The van der Waals surface area contributed by atoms with Crippen LogP contribution in [0.4, 0.5) is 10.6 Å². The monoisotopic (exact) mass is 336 g/mol. The van der Waals surface area contributed by atoms with Gasteiger partial charge in [-0.2, -0.15) is 0 Å². The summed E-state index contributed by atoms with van der Waals surface area (Å²) in [6.07, 6.45) is -0.417. The van der Waals surface area contributed by atoms with Crippen molar-refractivity contribution in [1.29, 1.82) is 0 Å². The predicted octanol–water partition coefficient (Wildman–Crippen LogP) is 2.46. The number of pyridine rings is 1. The van der Waals surface area contributed by atoms with Crippen LogP contribution in [0, 0.1) is 0 Å². The summed E-state index contributed by atoms with van der Waals surface area (Å²) in [6.45, 7) is 8.60. The molecule has 1 aliphatic heterocycles. The van der Waals surface area contributed by atoms with Gasteiger partial charge >= 0.3 is 12.1 Å². The number of carbonyl (C=O) groups excluding carboxylic acids is 2. The van der Waals surface area contributed by atoms with Gasteiger partial charge in [0.05, 0.1) is 38.5 Å². The summed E-state index contributed by atoms with van der Waals surface area (Å²) in [7, 11) is 0. The Kier molecular flexibility index (Phi) is 5.77. The molecule has 132 valence electrons. The van der Waals surface area contributed by atoms with Crippen molar-refractivity contribution in [1.82, 2.24) is 4.98 Å². The lowest BCUT2D eigenvalue weighted by molar-refractivity contribution is -0.142. The van der Waals surface area contributed by atoms with E-state index < -0.39 is 11.7 Å². The molecule has 24 heavy (non-hydrogen) atoms. The Labute approximate surface area is 141 Å². The standard InChI is InChI=1S/C17H24N2O5/c1-5-23-14(20)10-13-7-6-12-11-22-9-8-19(15(12)18-13)16(21)24-17(2,3)4/h6-7H,5,8-11H2,1-4H3. The van der Waals surface area contributed by atoms with Crippen LogP contribution >= 0.6 is 0 Å². The van der Waals surface area contributed by atoms with Crippen molar-refractivity contribution in [3.8, 4) is 0 Å². The summed E-state index contributed by atoms with van der Waals surface area (Å²) >= 11 is 0. The van der Waals surface area contributed by atoms with Crippen molar-refractivity contribution in [2.45, 2.75) is 46.3 Å². The van der Waals surface area contributed by atoms with Crippen LogP contribution in [0.15, 0.2) is 12.1 Å². The number of nitrogens with zero attached hydrogens (tertiary/aromatic N) is 2. The molecule has 7 heteroatoms. The zero-order valence-electron chi connectivity index (χ0n) is 14.6. The number of hydrogen-bond donors (Lipinski definition) is 0. The highest BCUT2D eigenvalue weighted by Crippen LogP contribution is 2.24. The van der Waals surface area contributed by atoms with Gasteiger partial charge in [-0.15, -0.1) is 0 Å². The first-order chi connectivity index (χ1) is 11.3. The molecular weight excluding hydrogens is 312 g/mol. The fourth-order valence-corrected chi connectivity index (χ4v) is 2.26. The summed E-state index contributed by atoms with van der Waals surface area (Å²) in [5, 5.41) is 0. The molecule has 0 atom stereocenters. The second-order valence-corrected chi connectivity index (χ2v) is 6.45. The molecule has 0 saturated heterocycles. The van der Waals surface area contributed by atoms with Gasteiger partial charge in [-0.05, 0) is 33.8 Å². The maximum atomic E-state index is 12.5. The van der Waals surface area contributed by atoms with Crippen molar-refractivity contribution in [3.05, 3.63) is 23.4 Å². The quantitative estimate of drug-likeness (QED) is 0.789. The Morgan fingerprint density at radius 1 is 1.33 bits per heavy atom. The minimum absolute atomic E-state index is 0.0597. The van der Waals surface area contributed by atoms with E-state index in [1.165, 1.54) is 4.90 Å². The van der Waals surface area contributed by atoms with E-state index in [1.807, 2.05) is 26.8 Å². The van der Waals surface area contributed by atoms with E-state index in [0.717, 1.165) is 5.56 Å². The first-order valence-electron chi connectivity index (χ1n) is 8.03. The molecule has 0 saturated carbocycles. The molecule has 0 aromatic carbocycles. The van der Waals surface area contributed by atoms with Crippen LogP contribution in [0.1, 0.15) is 39.0 Å². The average molecular weight is 336 g/mol. The topological polar surface area (TPSA) is 78.0 Å². The lowest BCUT2D eigenvalue weighted by Gasteiger charge is -2.26. The molecular formula is C17H24N2O5. The summed E-state index contributed by atoms with van der Waals surface area (Å²) in [4.78, 5) is 30.1. The Bertz CT molecular complexity index is 609. The molecule has 0 unspecified atom stereocenters. The molecule has 2 heterocycles. The lowest BCUT2D eigenvalue weighted by Crippen LogP contribution is -2.39. The van der Waals surface area contributed by atoms with Gasteiger partial charge in [-0.3, -0.25) is 9.69 Å². The molecule has 1 aromatic heterocycles. The van der Waals surface area contributed by atoms with Crippen molar-refractivity contribution in [2.24, 2.45) is 0 Å². The van der Waals surface area contributed by atoms with Crippen LogP contribution in [0.5, 0.6) is 0 Å². The molecule has 1 amide bonds. The number of fused-ring (bicyclic) bond motifs is 1. The van der Waals surface area contributed by atoms with E-state index in [1.54, 1.807) is 13.0 Å². The van der Waals surface area contributed by atoms with E-state index in [-0.39, 0.29) is 12.4 Å². The van der Waals surface area contributed by atoms with Crippen LogP contribution in [0.25, 0.3) is 0 Å². The van der Waals surface area contributed by atoms with Gasteiger partial charge in [0.15, 0.2) is 0 Å². The van der Waals surface area contributed by atoms with Crippen LogP contribution in [-0.2, 0) is 32.0 Å². The van der Waals surface area contributed by atoms with Gasteiger partial charge in [0.2, 0.25) is 0 Å². The SMILES string of the molecule is CCOC(=O)Cc1ccc2c(n1)N(C(=O)OC(C)(C)C)CCOC2. The smallest absolute Gasteiger partial charge is 0.416 e. The minimum atomic E-state index is -0.604. The van der Waals surface area contributed by atoms with E-state index in [0.29, 0.717) is 37.9 Å². The number of anilines is 1. The van der Waals surface area contributed by atoms with Gasteiger partial charge in [0, 0.05) is 5.56 Å². The Morgan fingerprint density at radius 3 is 2.75 bits per heavy atom. The fourth-order valence-electron chi connectivity index (χ4n) is 2.26. The van der Waals surface area contributed by atoms with Gasteiger partial charge in [-0.1, -0.05) is 6.07 Å². The highest BCUT2D eigenvalue weighted by molar-refractivity contribution is 5.87. The maximum absolute atomic E-state index is 12.5. The van der Waals surface area contributed by atoms with Gasteiger partial charge in [-0.25, -0.2) is 9.78 Å². The molecule has 0 bridgehead atoms. The Morgan fingerprint density at radius 2 is 2.08 bits per heavy atom. The third-order valence-electron chi connectivity index (χ3n) is 3.23. The summed E-state index contributed by atoms with van der Waals surface area (Å²) in [5.41, 5.74) is 0.723. The van der Waals surface area contributed by atoms with Crippen LogP contribution < -0.4 is 4.90 Å². The molecule has 2 rings (SSSR count). The predicted molar refractivity (Wildman–Crippen MR) is 87.8 cm³/mol. The number of amides is 1. The Balaban J connectivity index is 2.27. The van der Waals surface area contributed by atoms with Crippen molar-refractivity contribution in [3.63, 3.8) is 0 Å². The normalized spacial score (nSPS) is 14.6. The second kappa shape index (κ2) is 7.61. The molecule has 1 aliphatic rings. The van der Waals surface area contributed by atoms with Gasteiger partial charge in [0.25, 0.3) is 0 Å². The number of esters is 1. The lowest BCUT2D eigenvalue weighted by atomic mass is 10.2. The molecule has 0 fully saturated rings. The van der Waals surface area contributed by atoms with Crippen LogP contribution in [-0.4, -0.2) is 42.4 Å². The summed E-state index contributed by atoms with van der Waals surface area (Å²) in [5.74, 6) is 0.127. The number of hydrogen-bond acceptors (Lipinski definition) is 6. The second-order valence-electron chi connectivity index (χ2n) is 6.45. The summed E-state index contributed by atoms with van der Waals surface area (Å²) in [6, 6.07) is 3.57. The highest BCUT2D eigenvalue weighted by atomic mass is 16.6. The zero-order chi connectivity index (χ0) is 17.7. The summed E-state index contributed by atoms with van der Waals surface area (Å²) < 4.78 is 15.9. The van der Waals surface area contributed by atoms with E-state index in [4.69, 9.17) is 14.2 Å². The third-order valence-corrected chi connectivity index (χ3v) is 3.23. The van der Waals surface area contributed by atoms with Crippen LogP contribution in [0.2, 0.25) is 0 Å². The maximum Gasteiger partial charge on any atom is 0.416 e. The van der Waals surface area contributed by atoms with Crippen LogP contribution in [0.3, 0.4) is 0 Å². The largest absolute Gasteiger partial charge is 0.466 e. The number of carbonyl (C=O) groups is 2. The van der Waals surface area contributed by atoms with Crippen molar-refractivity contribution in [2.75, 3.05) is 24.7 Å². The van der Waals surface area contributed by atoms with Crippen molar-refractivity contribution < 1.29 is 23.8 Å². The van der Waals surface area contributed by atoms with E-state index in [2.05, 4.69) is 4.98 Å². The molecule has 0 spiro atoms. The molecule has 0 N–H and O–H groups in total. The first kappa shape index (κ1) is 18.2. The van der Waals surface area contributed by atoms with E-state index >= 15 is 0 Å². The number of rotatable bonds is 3. The molecule has 0 radical (unpaired) electrons. The highest BCUT2D eigenvalue weighted by Gasteiger charge is 2.28. The van der Waals surface area contributed by atoms with Crippen molar-refractivity contribution >= 4 is 17.9 Å². The Hall–Kier alpha value is -2.15. The van der Waals surface area contributed by atoms with Gasteiger partial charge in [0.1, 0.15) is 11.4 Å². The number of ether oxygens (including phenoxy) is 3. The van der Waals surface area contributed by atoms with E-state index in [9.17, 15) is 9.59 Å². The third kappa shape index (κ3) is 4.92. The van der Waals surface area contributed by atoms with Gasteiger partial charge < -0.3 is 14.2 Å². The molecule has 0 aliphatic carbocycles. The fraction of sp³-hybridized carbons (Fsp3) is 0.588. The minimum Gasteiger partial charge on any atom is -0.466 e. The average Bonchev–Trinajstić information content (AvgIpc) is 2.67. The number of aromatic nitrogens is 1. The molecule has 1 aromatic rings. The molecule has 7 nitrogen and oxygen atoms in total. The zero-order valence-corrected chi connectivity index (χ0v) is 14.6.